The van der Waals surface area contributed by atoms with Gasteiger partial charge in [0.1, 0.15) is 0 Å². The molecule has 0 aliphatic heterocycles. The number of carbonyl (C=O) groups excluding carboxylic acids is 1. The molecule has 0 unspecified atom stereocenters. The molecule has 9 heavy (non-hydrogen) atoms. The Kier molecular flexibility index (Phi) is 5.51. The second kappa shape index (κ2) is 5.75. The molecule has 0 saturated heterocycles. The number of carbonyl (C=O) groups is 1. The Balaban J connectivity index is 2.97. The van der Waals surface area contributed by atoms with E-state index in [4.69, 9.17) is 0 Å². The minimum atomic E-state index is -0.230. The third kappa shape index (κ3) is 5.49. The van der Waals surface area contributed by atoms with E-state index in [1.165, 1.54) is 0 Å². The highest BCUT2D eigenvalue weighted by Crippen LogP contribution is 1.81. The Morgan fingerprint density at radius 2 is 2.33 bits per heavy atom. The average molecular weight is 148 g/mol. The van der Waals surface area contributed by atoms with Gasteiger partial charge >= 0.3 is 6.03 Å². The maximum atomic E-state index is 10.4. The van der Waals surface area contributed by atoms with Crippen LogP contribution in [0.25, 0.3) is 0 Å². The van der Waals surface area contributed by atoms with Crippen LogP contribution in [0.3, 0.4) is 0 Å². The Labute approximate surface area is 60.8 Å². The number of nitrogens with one attached hydrogen (secondary N) is 2. The zero-order chi connectivity index (χ0) is 7.11. The van der Waals surface area contributed by atoms with Crippen LogP contribution in [0.4, 0.5) is 4.79 Å². The fourth-order valence-corrected chi connectivity index (χ4v) is 0.497. The molecular weight excluding hydrogens is 136 g/mol. The lowest BCUT2D eigenvalue weighted by Gasteiger charge is -1.99. The minimum absolute atomic E-state index is 0.230. The molecule has 0 heterocycles. The molecule has 54 valence electrons. The monoisotopic (exact) mass is 148 g/mol. The summed E-state index contributed by atoms with van der Waals surface area (Å²) >= 11 is 3.56. The van der Waals surface area contributed by atoms with Gasteiger partial charge in [0.15, 0.2) is 0 Å². The van der Waals surface area contributed by atoms with Crippen LogP contribution in [0, 0.1) is 0 Å². The maximum absolute atomic E-state index is 10.4. The van der Waals surface area contributed by atoms with Gasteiger partial charge in [-0.05, 0) is 6.42 Å². The number of hydrogen-bond donors (Lipinski definition) is 3. The Morgan fingerprint density at radius 1 is 1.67 bits per heavy atom. The third-order valence-corrected chi connectivity index (χ3v) is 1.12. The summed E-state index contributed by atoms with van der Waals surface area (Å²) in [5, 5.41) is 2.61. The first-order chi connectivity index (χ1) is 4.31. The first-order valence-electron chi connectivity index (χ1n) is 2.99. The van der Waals surface area contributed by atoms with E-state index >= 15 is 0 Å². The van der Waals surface area contributed by atoms with E-state index in [-0.39, 0.29) is 6.03 Å². The molecular formula is C5H12N2OS. The quantitative estimate of drug-likeness (QED) is 0.404. The van der Waals surface area contributed by atoms with Crippen molar-refractivity contribution in [3.05, 3.63) is 0 Å². The summed E-state index contributed by atoms with van der Waals surface area (Å²) in [7, 11) is 0. The predicted molar refractivity (Wildman–Crippen MR) is 40.4 cm³/mol. The molecule has 3 nitrogen and oxygen atoms in total. The Bertz CT molecular complexity index is 87.0. The molecule has 0 rings (SSSR count). The topological polar surface area (TPSA) is 41.1 Å². The van der Waals surface area contributed by atoms with Crippen molar-refractivity contribution in [2.45, 2.75) is 19.8 Å². The van der Waals surface area contributed by atoms with Gasteiger partial charge in [-0.2, -0.15) is 0 Å². The van der Waals surface area contributed by atoms with Crippen molar-refractivity contribution in [1.82, 2.24) is 10.0 Å². The molecule has 0 bridgehead atoms. The molecule has 2 N–H and O–H groups in total. The molecule has 0 spiro atoms. The number of hydrogen-bond acceptors (Lipinski definition) is 2. The first-order valence-corrected chi connectivity index (χ1v) is 3.44. The molecule has 0 fully saturated rings. The maximum Gasteiger partial charge on any atom is 0.324 e. The first kappa shape index (κ1) is 8.62. The fourth-order valence-electron chi connectivity index (χ4n) is 0.418. The minimum Gasteiger partial charge on any atom is -0.337 e. The summed E-state index contributed by atoms with van der Waals surface area (Å²) in [6.07, 6.45) is 2.11. The number of thiol groups is 1. The lowest BCUT2D eigenvalue weighted by atomic mass is 10.3. The lowest BCUT2D eigenvalue weighted by molar-refractivity contribution is 0.246. The normalized spacial score (nSPS) is 8.67. The number of urea groups is 1. The smallest absolute Gasteiger partial charge is 0.324 e. The van der Waals surface area contributed by atoms with Crippen molar-refractivity contribution < 1.29 is 4.79 Å². The summed E-state index contributed by atoms with van der Waals surface area (Å²) in [6, 6.07) is -0.230. The van der Waals surface area contributed by atoms with Crippen LogP contribution < -0.4 is 10.0 Å². The van der Waals surface area contributed by atoms with Crippen molar-refractivity contribution in [2.75, 3.05) is 6.54 Å². The molecule has 0 aliphatic carbocycles. The van der Waals surface area contributed by atoms with Crippen LogP contribution in [0.2, 0.25) is 0 Å². The summed E-state index contributed by atoms with van der Waals surface area (Å²) in [5.41, 5.74) is 0. The van der Waals surface area contributed by atoms with E-state index in [1.807, 2.05) is 0 Å². The van der Waals surface area contributed by atoms with Crippen LogP contribution >= 0.6 is 12.8 Å². The summed E-state index contributed by atoms with van der Waals surface area (Å²) in [4.78, 5) is 10.4. The Hall–Kier alpha value is -0.380. The molecule has 2 amide bonds. The van der Waals surface area contributed by atoms with Gasteiger partial charge in [0.05, 0.1) is 0 Å². The second-order valence-electron chi connectivity index (χ2n) is 1.72. The molecule has 0 aromatic rings. The molecule has 0 aromatic heterocycles. The summed E-state index contributed by atoms with van der Waals surface area (Å²) in [6.45, 7) is 2.79. The van der Waals surface area contributed by atoms with Gasteiger partial charge in [-0.25, -0.2) is 4.79 Å². The molecule has 0 atom stereocenters. The lowest BCUT2D eigenvalue weighted by Crippen LogP contribution is -2.30. The van der Waals surface area contributed by atoms with Gasteiger partial charge in [-0.1, -0.05) is 26.2 Å². The van der Waals surface area contributed by atoms with Crippen molar-refractivity contribution in [1.29, 1.82) is 0 Å². The largest absolute Gasteiger partial charge is 0.337 e. The van der Waals surface area contributed by atoms with Gasteiger partial charge in [0.25, 0.3) is 0 Å². The Morgan fingerprint density at radius 3 is 2.78 bits per heavy atom. The standard InChI is InChI=1S/C5H12N2OS/c1-2-3-4-6-5(8)7-9/h9H,2-4H2,1H3,(H2,6,7,8). The number of unbranched alkanes of at least 4 members (excludes halogenated alkanes) is 1. The zero-order valence-electron chi connectivity index (χ0n) is 5.48. The van der Waals surface area contributed by atoms with Crippen molar-refractivity contribution in [3.63, 3.8) is 0 Å². The third-order valence-electron chi connectivity index (χ3n) is 0.917. The number of rotatable bonds is 3. The van der Waals surface area contributed by atoms with E-state index < -0.39 is 0 Å². The van der Waals surface area contributed by atoms with Gasteiger partial charge in [-0.3, -0.25) is 4.72 Å². The van der Waals surface area contributed by atoms with Crippen LogP contribution in [0.5, 0.6) is 0 Å². The van der Waals surface area contributed by atoms with Crippen molar-refractivity contribution >= 4 is 18.8 Å². The molecule has 4 heteroatoms. The van der Waals surface area contributed by atoms with Crippen molar-refractivity contribution in [2.24, 2.45) is 0 Å². The molecule has 0 radical (unpaired) electrons. The molecule has 0 aliphatic rings. The van der Waals surface area contributed by atoms with Crippen LogP contribution in [-0.4, -0.2) is 12.6 Å². The van der Waals surface area contributed by atoms with Crippen LogP contribution in [-0.2, 0) is 0 Å². The van der Waals surface area contributed by atoms with E-state index in [9.17, 15) is 4.79 Å². The van der Waals surface area contributed by atoms with E-state index in [1.54, 1.807) is 0 Å². The SMILES string of the molecule is CCCCNC(=O)NS. The van der Waals surface area contributed by atoms with E-state index in [0.717, 1.165) is 19.4 Å². The number of amides is 2. The summed E-state index contributed by atoms with van der Waals surface area (Å²) in [5.74, 6) is 0. The molecule has 0 aromatic carbocycles. The molecule has 0 saturated carbocycles. The fraction of sp³-hybridized carbons (Fsp3) is 0.800. The van der Waals surface area contributed by atoms with Gasteiger partial charge in [0.2, 0.25) is 0 Å². The van der Waals surface area contributed by atoms with Gasteiger partial charge in [0, 0.05) is 6.54 Å². The average Bonchev–Trinajstić information content (AvgIpc) is 1.89. The van der Waals surface area contributed by atoms with Crippen molar-refractivity contribution in [3.8, 4) is 0 Å². The van der Waals surface area contributed by atoms with E-state index in [2.05, 4.69) is 29.8 Å². The predicted octanol–water partition coefficient (Wildman–Crippen LogP) is 0.930. The van der Waals surface area contributed by atoms with Gasteiger partial charge < -0.3 is 5.32 Å². The van der Waals surface area contributed by atoms with Crippen LogP contribution in [0.15, 0.2) is 0 Å². The highest BCUT2D eigenvalue weighted by atomic mass is 32.1. The second-order valence-corrected chi connectivity index (χ2v) is 1.94. The van der Waals surface area contributed by atoms with E-state index in [0.29, 0.717) is 0 Å². The summed E-state index contributed by atoms with van der Waals surface area (Å²) < 4.78 is 2.17. The highest BCUT2D eigenvalue weighted by molar-refractivity contribution is 7.78. The zero-order valence-corrected chi connectivity index (χ0v) is 6.37. The highest BCUT2D eigenvalue weighted by Gasteiger charge is 1.91. The van der Waals surface area contributed by atoms with Gasteiger partial charge in [-0.15, -0.1) is 0 Å². The van der Waals surface area contributed by atoms with Crippen LogP contribution in [0.1, 0.15) is 19.8 Å².